The van der Waals surface area contributed by atoms with Crippen molar-refractivity contribution in [3.05, 3.63) is 136 Å². The highest BCUT2D eigenvalue weighted by molar-refractivity contribution is 5.86. The third-order valence-electron chi connectivity index (χ3n) is 10.7. The highest BCUT2D eigenvalue weighted by Gasteiger charge is 2.40. The van der Waals surface area contributed by atoms with Crippen molar-refractivity contribution in [2.45, 2.75) is 105 Å². The van der Waals surface area contributed by atoms with Gasteiger partial charge in [0.1, 0.15) is 12.1 Å². The summed E-state index contributed by atoms with van der Waals surface area (Å²) in [6, 6.07) is 24.3. The Morgan fingerprint density at radius 3 is 2.05 bits per heavy atom. The molecule has 0 aliphatic heterocycles. The predicted octanol–water partition coefficient (Wildman–Crippen LogP) is 5.99. The van der Waals surface area contributed by atoms with E-state index >= 15 is 0 Å². The number of nitrogens with zero attached hydrogens (tertiary/aromatic N) is 5. The zero-order chi connectivity index (χ0) is 44.6. The number of aliphatic hydroxyl groups excluding tert-OH is 1. The first-order valence-electron chi connectivity index (χ1n) is 20.4. The standard InChI is InChI=1S/C47H59N7O7/c1-30-15-14-18-34(49-30)28-53-39(56)29-54(44(53)59)41(47(5,6)7)43(58)51-37(26-31-16-10-9-11-17-31)38(55)27-35(50-42(57)40(46(2,3)4)52(8)45(60)61)25-32-20-22-33(23-21-32)36-19-12-13-24-48-36/h9-24,29,35,37-38,40-41,55-56H,25-28H2,1-8H3,(H,50,57)(H,51,58)(H,60,61)/t35-,37-,38-,40+,41+/m0/s1. The highest BCUT2D eigenvalue weighted by atomic mass is 16.4. The van der Waals surface area contributed by atoms with Gasteiger partial charge in [0.15, 0.2) is 0 Å². The molecule has 0 radical (unpaired) electrons. The lowest BCUT2D eigenvalue weighted by Crippen LogP contribution is -2.57. The van der Waals surface area contributed by atoms with Crippen LogP contribution in [-0.4, -0.2) is 88.5 Å². The molecular formula is C47H59N7O7. The van der Waals surface area contributed by atoms with Gasteiger partial charge in [-0.3, -0.25) is 33.6 Å². The fourth-order valence-corrected chi connectivity index (χ4v) is 7.84. The van der Waals surface area contributed by atoms with Gasteiger partial charge in [0.2, 0.25) is 17.7 Å². The van der Waals surface area contributed by atoms with Crippen LogP contribution < -0.4 is 16.3 Å². The van der Waals surface area contributed by atoms with Crippen LogP contribution in [0.15, 0.2) is 108 Å². The molecule has 0 aliphatic rings. The summed E-state index contributed by atoms with van der Waals surface area (Å²) in [5.74, 6) is -1.41. The molecule has 0 bridgehead atoms. The van der Waals surface area contributed by atoms with Gasteiger partial charge in [-0.25, -0.2) is 9.59 Å². The predicted molar refractivity (Wildman–Crippen MR) is 234 cm³/mol. The van der Waals surface area contributed by atoms with E-state index in [4.69, 9.17) is 0 Å². The normalized spacial score (nSPS) is 14.3. The number of pyridine rings is 2. The average molecular weight is 834 g/mol. The molecule has 0 aliphatic carbocycles. The van der Waals surface area contributed by atoms with Crippen LogP contribution in [0.5, 0.6) is 5.88 Å². The van der Waals surface area contributed by atoms with Gasteiger partial charge in [-0.1, -0.05) is 108 Å². The number of likely N-dealkylation sites (N-methyl/N-ethyl adjacent to an activating group) is 1. The van der Waals surface area contributed by atoms with Crippen LogP contribution in [0, 0.1) is 17.8 Å². The number of aromatic nitrogens is 4. The average Bonchev–Trinajstić information content (AvgIpc) is 3.45. The second-order valence-electron chi connectivity index (χ2n) is 17.9. The molecule has 0 spiro atoms. The Morgan fingerprint density at radius 2 is 1.46 bits per heavy atom. The first kappa shape index (κ1) is 45.8. The van der Waals surface area contributed by atoms with Crippen LogP contribution in [0.4, 0.5) is 4.79 Å². The molecule has 61 heavy (non-hydrogen) atoms. The molecule has 5 rings (SSSR count). The van der Waals surface area contributed by atoms with Crippen molar-refractivity contribution in [1.82, 2.24) is 34.6 Å². The summed E-state index contributed by atoms with van der Waals surface area (Å²) in [5.41, 5.74) is 2.45. The molecule has 324 valence electrons. The number of aliphatic hydroxyl groups is 1. The van der Waals surface area contributed by atoms with Crippen molar-refractivity contribution < 1.29 is 29.7 Å². The number of carbonyl (C=O) groups is 3. The number of amides is 3. The van der Waals surface area contributed by atoms with Gasteiger partial charge in [0.05, 0.1) is 36.3 Å². The summed E-state index contributed by atoms with van der Waals surface area (Å²) < 4.78 is 2.38. The number of imidazole rings is 1. The van der Waals surface area contributed by atoms with Crippen molar-refractivity contribution in [2.24, 2.45) is 10.8 Å². The number of rotatable bonds is 16. The maximum atomic E-state index is 14.6. The Hall–Kier alpha value is -6.28. The number of nitrogens with one attached hydrogen (secondary N) is 2. The second kappa shape index (κ2) is 19.4. The van der Waals surface area contributed by atoms with Crippen LogP contribution in [-0.2, 0) is 29.0 Å². The SMILES string of the molecule is Cc1cccc(Cn2c(O)cn([C@H](C(=O)N[C@@H](Cc3ccccc3)[C@@H](O)C[C@H](Cc3ccc(-c4ccccn4)cc3)NC(=O)[C@@H](N(C)C(=O)O)C(C)(C)C)C(C)(C)C)c2=O)n1. The van der Waals surface area contributed by atoms with E-state index in [0.29, 0.717) is 5.69 Å². The zero-order valence-corrected chi connectivity index (χ0v) is 36.2. The van der Waals surface area contributed by atoms with Crippen molar-refractivity contribution in [1.29, 1.82) is 0 Å². The van der Waals surface area contributed by atoms with E-state index in [9.17, 15) is 34.5 Å². The highest BCUT2D eigenvalue weighted by Crippen LogP contribution is 2.32. The molecule has 2 aromatic carbocycles. The topological polar surface area (TPSA) is 192 Å². The first-order chi connectivity index (χ1) is 28.7. The summed E-state index contributed by atoms with van der Waals surface area (Å²) >= 11 is 0. The summed E-state index contributed by atoms with van der Waals surface area (Å²) in [6.07, 6.45) is 0.915. The number of hydrogen-bond donors (Lipinski definition) is 5. The summed E-state index contributed by atoms with van der Waals surface area (Å²) in [7, 11) is 1.36. The van der Waals surface area contributed by atoms with Gasteiger partial charge in [-0.15, -0.1) is 0 Å². The van der Waals surface area contributed by atoms with Crippen LogP contribution >= 0.6 is 0 Å². The Bertz CT molecular complexity index is 2310. The lowest BCUT2D eigenvalue weighted by Gasteiger charge is -2.37. The minimum atomic E-state index is -1.26. The van der Waals surface area contributed by atoms with Crippen molar-refractivity contribution in [2.75, 3.05) is 7.05 Å². The molecule has 0 saturated carbocycles. The molecule has 5 N–H and O–H groups in total. The Kier molecular flexibility index (Phi) is 14.6. The van der Waals surface area contributed by atoms with Crippen molar-refractivity contribution >= 4 is 17.9 Å². The third kappa shape index (κ3) is 11.9. The van der Waals surface area contributed by atoms with Gasteiger partial charge < -0.3 is 26.0 Å². The number of carbonyl (C=O) groups excluding carboxylic acids is 2. The van der Waals surface area contributed by atoms with Crippen molar-refractivity contribution in [3.63, 3.8) is 0 Å². The molecule has 3 aromatic heterocycles. The zero-order valence-electron chi connectivity index (χ0n) is 36.2. The monoisotopic (exact) mass is 833 g/mol. The Morgan fingerprint density at radius 1 is 0.803 bits per heavy atom. The van der Waals surface area contributed by atoms with Gasteiger partial charge in [-0.2, -0.15) is 0 Å². The Balaban J connectivity index is 1.48. The summed E-state index contributed by atoms with van der Waals surface area (Å²) in [5, 5.41) is 39.2. The fourth-order valence-electron chi connectivity index (χ4n) is 7.84. The van der Waals surface area contributed by atoms with E-state index in [-0.39, 0.29) is 31.7 Å². The van der Waals surface area contributed by atoms with E-state index in [0.717, 1.165) is 37.5 Å². The van der Waals surface area contributed by atoms with Gasteiger partial charge in [0, 0.05) is 30.5 Å². The smallest absolute Gasteiger partial charge is 0.407 e. The molecule has 5 aromatic rings. The third-order valence-corrected chi connectivity index (χ3v) is 10.7. The van der Waals surface area contributed by atoms with Gasteiger partial charge in [-0.05, 0) is 72.4 Å². The minimum absolute atomic E-state index is 0.00944. The van der Waals surface area contributed by atoms with Crippen LogP contribution in [0.3, 0.4) is 0 Å². The molecule has 14 heteroatoms. The summed E-state index contributed by atoms with van der Waals surface area (Å²) in [4.78, 5) is 64.7. The van der Waals surface area contributed by atoms with Gasteiger partial charge in [0.25, 0.3) is 0 Å². The van der Waals surface area contributed by atoms with Crippen LogP contribution in [0.2, 0.25) is 0 Å². The van der Waals surface area contributed by atoms with Crippen molar-refractivity contribution in [3.8, 4) is 17.1 Å². The van der Waals surface area contributed by atoms with E-state index in [1.54, 1.807) is 33.0 Å². The quantitative estimate of drug-likeness (QED) is 0.0795. The lowest BCUT2D eigenvalue weighted by molar-refractivity contribution is -0.131. The number of carboxylic acid groups (broad SMARTS) is 1. The van der Waals surface area contributed by atoms with Crippen LogP contribution in [0.1, 0.15) is 76.5 Å². The lowest BCUT2D eigenvalue weighted by atomic mass is 9.84. The molecule has 0 fully saturated rings. The fraction of sp³-hybridized carbons (Fsp3) is 0.404. The molecule has 14 nitrogen and oxygen atoms in total. The maximum absolute atomic E-state index is 14.6. The van der Waals surface area contributed by atoms with E-state index < -0.39 is 64.7 Å². The molecule has 3 heterocycles. The second-order valence-corrected chi connectivity index (χ2v) is 17.9. The van der Waals surface area contributed by atoms with E-state index in [1.165, 1.54) is 17.8 Å². The summed E-state index contributed by atoms with van der Waals surface area (Å²) in [6.45, 7) is 12.6. The first-order valence-corrected chi connectivity index (χ1v) is 20.4. The number of benzene rings is 2. The largest absolute Gasteiger partial charge is 0.493 e. The van der Waals surface area contributed by atoms with Crippen LogP contribution in [0.25, 0.3) is 11.3 Å². The van der Waals surface area contributed by atoms with E-state index in [1.807, 2.05) is 113 Å². The molecular weight excluding hydrogens is 775 g/mol. The van der Waals surface area contributed by atoms with E-state index in [2.05, 4.69) is 20.6 Å². The molecule has 0 unspecified atom stereocenters. The Labute approximate surface area is 357 Å². The molecule has 0 saturated heterocycles. The van der Waals surface area contributed by atoms with Gasteiger partial charge >= 0.3 is 11.8 Å². The number of hydrogen-bond acceptors (Lipinski definition) is 8. The molecule has 5 atom stereocenters. The maximum Gasteiger partial charge on any atom is 0.407 e. The minimum Gasteiger partial charge on any atom is -0.493 e. The molecule has 3 amide bonds. The number of aryl methyl sites for hydroxylation is 1. The number of aromatic hydroxyl groups is 1.